The average molecular weight is 487 g/mol. The van der Waals surface area contributed by atoms with E-state index in [1.807, 2.05) is 32.9 Å². The van der Waals surface area contributed by atoms with Gasteiger partial charge in [0.2, 0.25) is 5.91 Å². The lowest BCUT2D eigenvalue weighted by atomic mass is 10.1. The van der Waals surface area contributed by atoms with Crippen LogP contribution in [0.15, 0.2) is 71.6 Å². The third kappa shape index (κ3) is 6.49. The molecule has 0 radical (unpaired) electrons. The van der Waals surface area contributed by atoms with Gasteiger partial charge < -0.3 is 10.1 Å². The van der Waals surface area contributed by atoms with Crippen LogP contribution < -0.4 is 14.4 Å². The molecule has 0 saturated heterocycles. The van der Waals surface area contributed by atoms with Gasteiger partial charge in [0.1, 0.15) is 18.9 Å². The van der Waals surface area contributed by atoms with E-state index in [0.717, 1.165) is 21.0 Å². The molecule has 3 rings (SSSR count). The number of aryl methyl sites for hydroxylation is 3. The SMILES string of the molecule is Cc1cc(C)cc(N(CC(=O)NCCOc2ccc(C)c(Cl)c2)S(=O)(=O)c2ccccc2)c1. The first-order valence-corrected chi connectivity index (χ1v) is 12.3. The Labute approximate surface area is 200 Å². The molecule has 0 fully saturated rings. The third-order valence-electron chi connectivity index (χ3n) is 4.95. The Hall–Kier alpha value is -3.03. The van der Waals surface area contributed by atoms with E-state index in [-0.39, 0.29) is 24.6 Å². The van der Waals surface area contributed by atoms with Gasteiger partial charge >= 0.3 is 0 Å². The van der Waals surface area contributed by atoms with Crippen LogP contribution in [-0.4, -0.2) is 34.0 Å². The van der Waals surface area contributed by atoms with Gasteiger partial charge in [-0.05, 0) is 73.9 Å². The second-order valence-corrected chi connectivity index (χ2v) is 10.0. The fourth-order valence-corrected chi connectivity index (χ4v) is 4.93. The lowest BCUT2D eigenvalue weighted by Gasteiger charge is -2.25. The summed E-state index contributed by atoms with van der Waals surface area (Å²) in [5, 5.41) is 3.33. The summed E-state index contributed by atoms with van der Waals surface area (Å²) in [7, 11) is -3.94. The van der Waals surface area contributed by atoms with E-state index in [9.17, 15) is 13.2 Å². The molecule has 3 aromatic rings. The maximum Gasteiger partial charge on any atom is 0.264 e. The minimum absolute atomic E-state index is 0.122. The van der Waals surface area contributed by atoms with Crippen molar-refractivity contribution in [1.29, 1.82) is 0 Å². The van der Waals surface area contributed by atoms with Gasteiger partial charge in [-0.3, -0.25) is 9.10 Å². The van der Waals surface area contributed by atoms with Gasteiger partial charge in [0.25, 0.3) is 10.0 Å². The zero-order chi connectivity index (χ0) is 24.0. The number of nitrogens with zero attached hydrogens (tertiary/aromatic N) is 1. The summed E-state index contributed by atoms with van der Waals surface area (Å²) in [5.74, 6) is 0.169. The predicted octanol–water partition coefficient (Wildman–Crippen LogP) is 4.66. The fourth-order valence-electron chi connectivity index (χ4n) is 3.34. The van der Waals surface area contributed by atoms with E-state index in [4.69, 9.17) is 16.3 Å². The van der Waals surface area contributed by atoms with Gasteiger partial charge in [0, 0.05) is 5.02 Å². The van der Waals surface area contributed by atoms with Crippen LogP contribution in [0.25, 0.3) is 0 Å². The molecular weight excluding hydrogens is 460 g/mol. The molecule has 0 aromatic heterocycles. The molecule has 0 bridgehead atoms. The number of anilines is 1. The van der Waals surface area contributed by atoms with Gasteiger partial charge in [-0.1, -0.05) is 41.9 Å². The maximum absolute atomic E-state index is 13.4. The van der Waals surface area contributed by atoms with Crippen LogP contribution in [0.2, 0.25) is 5.02 Å². The first kappa shape index (κ1) is 24.6. The van der Waals surface area contributed by atoms with Crippen molar-refractivity contribution in [2.75, 3.05) is 24.0 Å². The lowest BCUT2D eigenvalue weighted by Crippen LogP contribution is -2.42. The molecule has 8 heteroatoms. The van der Waals surface area contributed by atoms with Crippen LogP contribution in [0.1, 0.15) is 16.7 Å². The van der Waals surface area contributed by atoms with Crippen molar-refractivity contribution in [2.24, 2.45) is 0 Å². The average Bonchev–Trinajstić information content (AvgIpc) is 2.77. The molecule has 174 valence electrons. The van der Waals surface area contributed by atoms with E-state index in [0.29, 0.717) is 16.5 Å². The highest BCUT2D eigenvalue weighted by atomic mass is 35.5. The number of ether oxygens (including phenoxy) is 1. The number of hydrogen-bond donors (Lipinski definition) is 1. The van der Waals surface area contributed by atoms with E-state index in [2.05, 4.69) is 5.32 Å². The van der Waals surface area contributed by atoms with E-state index >= 15 is 0 Å². The molecule has 6 nitrogen and oxygen atoms in total. The standard InChI is InChI=1S/C25H27ClN2O4S/c1-18-13-19(2)15-21(14-18)28(33(30,31)23-7-5-4-6-8-23)17-25(29)27-11-12-32-22-10-9-20(3)24(26)16-22/h4-10,13-16H,11-12,17H2,1-3H3,(H,27,29). The first-order chi connectivity index (χ1) is 15.7. The largest absolute Gasteiger partial charge is 0.492 e. The highest BCUT2D eigenvalue weighted by molar-refractivity contribution is 7.92. The second kappa shape index (κ2) is 10.7. The summed E-state index contributed by atoms with van der Waals surface area (Å²) in [6, 6.07) is 18.9. The fraction of sp³-hybridized carbons (Fsp3) is 0.240. The number of halogens is 1. The van der Waals surface area contributed by atoms with Crippen molar-refractivity contribution in [3.8, 4) is 5.75 Å². The van der Waals surface area contributed by atoms with Crippen molar-refractivity contribution in [1.82, 2.24) is 5.32 Å². The van der Waals surface area contributed by atoms with Crippen LogP contribution in [0.4, 0.5) is 5.69 Å². The Morgan fingerprint density at radius 1 is 0.970 bits per heavy atom. The van der Waals surface area contributed by atoms with Crippen LogP contribution in [0, 0.1) is 20.8 Å². The minimum atomic E-state index is -3.94. The first-order valence-electron chi connectivity index (χ1n) is 10.5. The number of carbonyl (C=O) groups is 1. The molecule has 0 heterocycles. The molecule has 3 aromatic carbocycles. The van der Waals surface area contributed by atoms with Crippen molar-refractivity contribution < 1.29 is 17.9 Å². The molecule has 0 aliphatic rings. The predicted molar refractivity (Wildman–Crippen MR) is 132 cm³/mol. The number of sulfonamides is 1. The van der Waals surface area contributed by atoms with Gasteiger partial charge in [0.15, 0.2) is 0 Å². The summed E-state index contributed by atoms with van der Waals surface area (Å²) >= 11 is 6.10. The summed E-state index contributed by atoms with van der Waals surface area (Å²) in [5.41, 5.74) is 3.20. The molecular formula is C25H27ClN2O4S. The Kier molecular flexibility index (Phi) is 8.00. The monoisotopic (exact) mass is 486 g/mol. The minimum Gasteiger partial charge on any atom is -0.492 e. The normalized spacial score (nSPS) is 11.2. The van der Waals surface area contributed by atoms with E-state index in [1.54, 1.807) is 42.5 Å². The number of benzene rings is 3. The highest BCUT2D eigenvalue weighted by Gasteiger charge is 2.27. The lowest BCUT2D eigenvalue weighted by molar-refractivity contribution is -0.119. The van der Waals surface area contributed by atoms with Crippen LogP contribution in [-0.2, 0) is 14.8 Å². The maximum atomic E-state index is 13.4. The second-order valence-electron chi connectivity index (χ2n) is 7.78. The molecule has 33 heavy (non-hydrogen) atoms. The Morgan fingerprint density at radius 3 is 2.27 bits per heavy atom. The summed E-state index contributed by atoms with van der Waals surface area (Å²) < 4.78 is 33.5. The Balaban J connectivity index is 1.71. The van der Waals surface area contributed by atoms with Gasteiger partial charge in [-0.15, -0.1) is 0 Å². The third-order valence-corrected chi connectivity index (χ3v) is 7.14. The number of carbonyl (C=O) groups excluding carboxylic acids is 1. The summed E-state index contributed by atoms with van der Waals surface area (Å²) in [6.45, 7) is 5.77. The molecule has 0 aliphatic carbocycles. The zero-order valence-electron chi connectivity index (χ0n) is 18.8. The van der Waals surface area contributed by atoms with Gasteiger partial charge in [-0.2, -0.15) is 0 Å². The van der Waals surface area contributed by atoms with Crippen LogP contribution in [0.3, 0.4) is 0 Å². The molecule has 0 unspecified atom stereocenters. The quantitative estimate of drug-likeness (QED) is 0.446. The van der Waals surface area contributed by atoms with E-state index in [1.165, 1.54) is 12.1 Å². The number of hydrogen-bond acceptors (Lipinski definition) is 4. The number of rotatable bonds is 9. The Bertz CT molecular complexity index is 1210. The molecule has 1 N–H and O–H groups in total. The zero-order valence-corrected chi connectivity index (χ0v) is 20.4. The summed E-state index contributed by atoms with van der Waals surface area (Å²) in [6.07, 6.45) is 0. The topological polar surface area (TPSA) is 75.7 Å². The van der Waals surface area contributed by atoms with Crippen molar-refractivity contribution in [3.63, 3.8) is 0 Å². The summed E-state index contributed by atoms with van der Waals surface area (Å²) in [4.78, 5) is 12.8. The van der Waals surface area contributed by atoms with Gasteiger partial charge in [0.05, 0.1) is 17.1 Å². The molecule has 0 aliphatic heterocycles. The van der Waals surface area contributed by atoms with Crippen LogP contribution >= 0.6 is 11.6 Å². The van der Waals surface area contributed by atoms with Gasteiger partial charge in [-0.25, -0.2) is 8.42 Å². The van der Waals surface area contributed by atoms with Crippen molar-refractivity contribution in [2.45, 2.75) is 25.7 Å². The molecule has 1 amide bonds. The molecule has 0 atom stereocenters. The van der Waals surface area contributed by atoms with Crippen LogP contribution in [0.5, 0.6) is 5.75 Å². The molecule has 0 spiro atoms. The molecule has 0 saturated carbocycles. The highest BCUT2D eigenvalue weighted by Crippen LogP contribution is 2.26. The number of amides is 1. The smallest absolute Gasteiger partial charge is 0.264 e. The number of nitrogens with one attached hydrogen (secondary N) is 1. The Morgan fingerprint density at radius 2 is 1.64 bits per heavy atom. The van der Waals surface area contributed by atoms with E-state index < -0.39 is 15.9 Å². The van der Waals surface area contributed by atoms with Crippen molar-refractivity contribution in [3.05, 3.63) is 88.4 Å². The van der Waals surface area contributed by atoms with Crippen molar-refractivity contribution >= 4 is 33.2 Å².